The van der Waals surface area contributed by atoms with Crippen LogP contribution < -0.4 is 10.1 Å². The molecule has 36 heavy (non-hydrogen) atoms. The third-order valence-corrected chi connectivity index (χ3v) is 7.50. The molecule has 0 fully saturated rings. The molecule has 0 aliphatic rings. The van der Waals surface area contributed by atoms with Crippen molar-refractivity contribution in [3.8, 4) is 5.75 Å². The summed E-state index contributed by atoms with van der Waals surface area (Å²) in [5.41, 5.74) is 1.73. The molecule has 0 spiro atoms. The topological polar surface area (TPSA) is 108 Å². The fourth-order valence-electron chi connectivity index (χ4n) is 3.59. The van der Waals surface area contributed by atoms with Crippen molar-refractivity contribution in [1.29, 1.82) is 0 Å². The largest absolute Gasteiger partial charge is 0.423 e. The van der Waals surface area contributed by atoms with E-state index in [1.165, 1.54) is 0 Å². The molecule has 1 amide bonds. The number of nitrogens with one attached hydrogen (secondary N) is 1. The third kappa shape index (κ3) is 10.4. The van der Waals surface area contributed by atoms with Gasteiger partial charge < -0.3 is 23.9 Å². The fraction of sp³-hybridized carbons (Fsp3) is 0.444. The normalized spacial score (nSPS) is 11.2. The number of aldehydes is 1. The van der Waals surface area contributed by atoms with Crippen molar-refractivity contribution in [1.82, 2.24) is 0 Å². The summed E-state index contributed by atoms with van der Waals surface area (Å²) in [6.07, 6.45) is 5.60. The second-order valence-electron chi connectivity index (χ2n) is 8.17. The van der Waals surface area contributed by atoms with Crippen LogP contribution in [0.4, 0.5) is 5.69 Å². The lowest BCUT2D eigenvalue weighted by molar-refractivity contribution is -0.116. The maximum Gasteiger partial charge on any atom is 0.345 e. The number of unbranched alkanes of at least 4 members (excludes halogenated alkanes) is 3. The number of benzene rings is 2. The van der Waals surface area contributed by atoms with Crippen molar-refractivity contribution in [3.05, 3.63) is 59.7 Å². The van der Waals surface area contributed by atoms with E-state index in [0.717, 1.165) is 37.5 Å². The van der Waals surface area contributed by atoms with Crippen LogP contribution in [0.1, 0.15) is 68.3 Å². The molecule has 0 aliphatic heterocycles. The highest BCUT2D eigenvalue weighted by Crippen LogP contribution is 2.48. The van der Waals surface area contributed by atoms with E-state index in [-0.39, 0.29) is 17.9 Å². The number of carbonyl (C=O) groups excluding carboxylic acids is 3. The van der Waals surface area contributed by atoms with Crippen LogP contribution in [0.2, 0.25) is 0 Å². The van der Waals surface area contributed by atoms with Gasteiger partial charge in [0.2, 0.25) is 5.91 Å². The summed E-state index contributed by atoms with van der Waals surface area (Å²) in [5.74, 6) is -0.426. The summed E-state index contributed by atoms with van der Waals surface area (Å²) in [5, 5.41) is 2.71. The summed E-state index contributed by atoms with van der Waals surface area (Å²) in [4.78, 5) is 35.2. The second-order valence-corrected chi connectivity index (χ2v) is 10.4. The highest BCUT2D eigenvalue weighted by atomic mass is 31.2. The van der Waals surface area contributed by atoms with E-state index in [1.807, 2.05) is 26.0 Å². The number of carbonyl (C=O) groups is 3. The van der Waals surface area contributed by atoms with Gasteiger partial charge >= 0.3 is 13.6 Å². The number of ether oxygens (including phenoxy) is 1. The van der Waals surface area contributed by atoms with E-state index in [4.69, 9.17) is 13.8 Å². The van der Waals surface area contributed by atoms with E-state index in [0.29, 0.717) is 43.7 Å². The molecular formula is C27H36NO7P. The van der Waals surface area contributed by atoms with Gasteiger partial charge in [-0.05, 0) is 69.4 Å². The maximum atomic E-state index is 12.7. The lowest BCUT2D eigenvalue weighted by Gasteiger charge is -2.16. The van der Waals surface area contributed by atoms with Gasteiger partial charge in [0.05, 0.1) is 30.6 Å². The van der Waals surface area contributed by atoms with Crippen LogP contribution in [0, 0.1) is 0 Å². The average Bonchev–Trinajstić information content (AvgIpc) is 2.85. The monoisotopic (exact) mass is 517 g/mol. The van der Waals surface area contributed by atoms with E-state index in [9.17, 15) is 18.9 Å². The first kappa shape index (κ1) is 29.4. The minimum absolute atomic E-state index is 0.196. The molecular weight excluding hydrogens is 481 g/mol. The summed E-state index contributed by atoms with van der Waals surface area (Å²) in [6, 6.07) is 14.0. The van der Waals surface area contributed by atoms with Gasteiger partial charge in [0.25, 0.3) is 0 Å². The van der Waals surface area contributed by atoms with Crippen LogP contribution in [0.3, 0.4) is 0 Å². The average molecular weight is 518 g/mol. The van der Waals surface area contributed by atoms with E-state index in [2.05, 4.69) is 5.32 Å². The molecule has 0 saturated carbocycles. The van der Waals surface area contributed by atoms with E-state index in [1.54, 1.807) is 36.4 Å². The molecule has 0 aromatic heterocycles. The molecule has 0 heterocycles. The highest BCUT2D eigenvalue weighted by Gasteiger charge is 2.22. The molecule has 0 bridgehead atoms. The van der Waals surface area contributed by atoms with Gasteiger partial charge in [-0.1, -0.05) is 30.7 Å². The Balaban J connectivity index is 1.83. The second kappa shape index (κ2) is 16.0. The zero-order chi connectivity index (χ0) is 26.2. The minimum atomic E-state index is -2.98. The molecule has 0 aliphatic carbocycles. The van der Waals surface area contributed by atoms with E-state index < -0.39 is 13.6 Å². The van der Waals surface area contributed by atoms with Gasteiger partial charge in [0.15, 0.2) is 0 Å². The van der Waals surface area contributed by atoms with Gasteiger partial charge in [-0.3, -0.25) is 9.36 Å². The Labute approximate surface area is 213 Å². The van der Waals surface area contributed by atoms with Crippen molar-refractivity contribution in [2.24, 2.45) is 0 Å². The third-order valence-electron chi connectivity index (χ3n) is 5.33. The number of para-hydroxylation sites is 1. The summed E-state index contributed by atoms with van der Waals surface area (Å²) >= 11 is 0. The van der Waals surface area contributed by atoms with Crippen molar-refractivity contribution in [3.63, 3.8) is 0 Å². The Morgan fingerprint density at radius 1 is 0.917 bits per heavy atom. The number of aryl methyl sites for hydroxylation is 1. The number of rotatable bonds is 17. The van der Waals surface area contributed by atoms with Crippen molar-refractivity contribution >= 4 is 31.4 Å². The minimum Gasteiger partial charge on any atom is -0.423 e. The molecule has 9 heteroatoms. The van der Waals surface area contributed by atoms with Gasteiger partial charge in [-0.25, -0.2) is 4.79 Å². The Morgan fingerprint density at radius 3 is 2.28 bits per heavy atom. The first-order chi connectivity index (χ1) is 17.4. The predicted octanol–water partition coefficient (Wildman–Crippen LogP) is 6.19. The van der Waals surface area contributed by atoms with Crippen LogP contribution in [0.25, 0.3) is 0 Å². The molecule has 196 valence electrons. The SMILES string of the molecule is CCOP(=O)(CCCCCc1ccc(OC(=O)c2ccccc2NC(=O)CCCC=O)cc1)OCC. The molecule has 0 atom stereocenters. The number of hydrogen-bond acceptors (Lipinski definition) is 7. The van der Waals surface area contributed by atoms with Gasteiger partial charge in [0.1, 0.15) is 12.0 Å². The summed E-state index contributed by atoms with van der Waals surface area (Å²) < 4.78 is 28.6. The van der Waals surface area contributed by atoms with Crippen LogP contribution in [0.5, 0.6) is 5.75 Å². The Morgan fingerprint density at radius 2 is 1.61 bits per heavy atom. The highest BCUT2D eigenvalue weighted by molar-refractivity contribution is 7.53. The van der Waals surface area contributed by atoms with Gasteiger partial charge in [0, 0.05) is 12.8 Å². The van der Waals surface area contributed by atoms with Crippen LogP contribution >= 0.6 is 7.60 Å². The van der Waals surface area contributed by atoms with Gasteiger partial charge in [-0.15, -0.1) is 0 Å². The van der Waals surface area contributed by atoms with Crippen LogP contribution in [-0.4, -0.2) is 37.5 Å². The molecule has 8 nitrogen and oxygen atoms in total. The van der Waals surface area contributed by atoms with Crippen molar-refractivity contribution in [2.45, 2.75) is 58.8 Å². The Bertz CT molecular complexity index is 1010. The standard InChI is InChI=1S/C27H36NO7P/c1-3-33-36(32,34-4-2)21-11-5-6-12-22-16-18-23(19-17-22)35-27(31)24-13-7-8-14-25(24)28-26(30)15-9-10-20-29/h7-8,13-14,16-20H,3-6,9-12,15,21H2,1-2H3,(H,28,30). The number of hydrogen-bond donors (Lipinski definition) is 1. The predicted molar refractivity (Wildman–Crippen MR) is 140 cm³/mol. The molecule has 2 aromatic rings. The van der Waals surface area contributed by atoms with E-state index >= 15 is 0 Å². The summed E-state index contributed by atoms with van der Waals surface area (Å²) in [6.45, 7) is 4.36. The van der Waals surface area contributed by atoms with Crippen molar-refractivity contribution < 1.29 is 32.7 Å². The first-order valence-corrected chi connectivity index (χ1v) is 14.1. The zero-order valence-electron chi connectivity index (χ0n) is 21.1. The first-order valence-electron chi connectivity index (χ1n) is 12.4. The summed E-state index contributed by atoms with van der Waals surface area (Å²) in [7, 11) is -2.98. The molecule has 1 N–H and O–H groups in total. The molecule has 0 unspecified atom stereocenters. The zero-order valence-corrected chi connectivity index (χ0v) is 22.0. The Kier molecular flexibility index (Phi) is 13.1. The quantitative estimate of drug-likeness (QED) is 0.0876. The number of amides is 1. The van der Waals surface area contributed by atoms with Gasteiger partial charge in [-0.2, -0.15) is 0 Å². The molecule has 2 aromatic carbocycles. The molecule has 0 radical (unpaired) electrons. The smallest absolute Gasteiger partial charge is 0.345 e. The number of esters is 1. The molecule has 2 rings (SSSR count). The lowest BCUT2D eigenvalue weighted by Crippen LogP contribution is -2.16. The van der Waals surface area contributed by atoms with Crippen LogP contribution in [-0.2, 0) is 29.6 Å². The van der Waals surface area contributed by atoms with Crippen molar-refractivity contribution in [2.75, 3.05) is 24.7 Å². The lowest BCUT2D eigenvalue weighted by atomic mass is 10.1. The maximum absolute atomic E-state index is 12.7. The number of anilines is 1. The Hall–Kier alpha value is -2.80. The molecule has 0 saturated heterocycles. The fourth-order valence-corrected chi connectivity index (χ4v) is 5.32. The van der Waals surface area contributed by atoms with Crippen LogP contribution in [0.15, 0.2) is 48.5 Å².